The first-order valence-corrected chi connectivity index (χ1v) is 4.09. The summed E-state index contributed by atoms with van der Waals surface area (Å²) in [5.74, 6) is -1.18. The molecule has 8 heteroatoms. The Hall–Kier alpha value is -1.87. The molecule has 0 radical (unpaired) electrons. The summed E-state index contributed by atoms with van der Waals surface area (Å²) in [7, 11) is 0. The van der Waals surface area contributed by atoms with Gasteiger partial charge in [-0.3, -0.25) is 15.2 Å². The van der Waals surface area contributed by atoms with E-state index in [1.54, 1.807) is 0 Å². The van der Waals surface area contributed by atoms with E-state index < -0.39 is 17.6 Å². The lowest BCUT2D eigenvalue weighted by Crippen LogP contribution is -2.16. The molecule has 0 bridgehead atoms. The second-order valence-electron chi connectivity index (χ2n) is 2.93. The molecule has 0 aliphatic carbocycles. The quantitative estimate of drug-likeness (QED) is 0.642. The Labute approximate surface area is 89.6 Å². The van der Waals surface area contributed by atoms with Crippen LogP contribution < -0.4 is 10.5 Å². The molecule has 0 aliphatic rings. The first kappa shape index (κ1) is 12.2. The van der Waals surface area contributed by atoms with E-state index in [9.17, 15) is 15.2 Å². The first-order chi connectivity index (χ1) is 7.41. The van der Waals surface area contributed by atoms with Crippen molar-refractivity contribution < 1.29 is 20.3 Å². The average molecular weight is 228 g/mol. The molecular formula is C8H8N2O6-2. The van der Waals surface area contributed by atoms with Crippen LogP contribution in [0.1, 0.15) is 5.56 Å². The van der Waals surface area contributed by atoms with Gasteiger partial charge in [0.1, 0.15) is 5.69 Å². The maximum absolute atomic E-state index is 10.4. The number of benzene rings is 1. The Bertz CT molecular complexity index is 392. The first-order valence-electron chi connectivity index (χ1n) is 4.09. The van der Waals surface area contributed by atoms with Crippen LogP contribution in [-0.4, -0.2) is 21.5 Å². The fourth-order valence-corrected chi connectivity index (χ4v) is 1.16. The molecule has 0 spiro atoms. The third kappa shape index (κ3) is 2.81. The monoisotopic (exact) mass is 228 g/mol. The number of carbonyl (C=O) groups is 1. The molecular weight excluding hydrogens is 220 g/mol. The number of carboxylic acid groups (broad SMARTS) is 1. The Balaban J connectivity index is 3.14. The van der Waals surface area contributed by atoms with Crippen LogP contribution >= 0.6 is 0 Å². The van der Waals surface area contributed by atoms with E-state index in [4.69, 9.17) is 15.5 Å². The van der Waals surface area contributed by atoms with Crippen molar-refractivity contribution in [3.8, 4) is 0 Å². The highest BCUT2D eigenvalue weighted by molar-refractivity contribution is 5.74. The molecule has 0 heterocycles. The molecule has 8 nitrogen and oxygen atoms in total. The van der Waals surface area contributed by atoms with Crippen molar-refractivity contribution in [2.24, 2.45) is 0 Å². The summed E-state index contributed by atoms with van der Waals surface area (Å²) in [6.07, 6.45) is -0.467. The number of hydrogen-bond acceptors (Lipinski definition) is 7. The van der Waals surface area contributed by atoms with Crippen molar-refractivity contribution in [1.82, 2.24) is 0 Å². The van der Waals surface area contributed by atoms with Crippen LogP contribution in [0.5, 0.6) is 0 Å². The van der Waals surface area contributed by atoms with Crippen LogP contribution in [0, 0.1) is 10.4 Å². The van der Waals surface area contributed by atoms with Crippen LogP contribution in [0.15, 0.2) is 18.2 Å². The van der Waals surface area contributed by atoms with Crippen LogP contribution in [0.2, 0.25) is 0 Å². The molecule has 0 fully saturated rings. The zero-order valence-electron chi connectivity index (χ0n) is 7.90. The Morgan fingerprint density at radius 2 is 1.94 bits per heavy atom. The van der Waals surface area contributed by atoms with Gasteiger partial charge in [-0.15, -0.1) is 5.23 Å². The molecule has 88 valence electrons. The number of hydrogen-bond donors (Lipinski definition) is 3. The van der Waals surface area contributed by atoms with E-state index in [-0.39, 0.29) is 22.2 Å². The van der Waals surface area contributed by atoms with Gasteiger partial charge in [-0.1, -0.05) is 6.07 Å². The van der Waals surface area contributed by atoms with Crippen molar-refractivity contribution in [2.45, 2.75) is 6.42 Å². The molecule has 16 heavy (non-hydrogen) atoms. The van der Waals surface area contributed by atoms with E-state index in [0.717, 1.165) is 18.2 Å². The molecule has 1 aromatic rings. The smallest absolute Gasteiger partial charge is 0.307 e. The Morgan fingerprint density at radius 1 is 1.31 bits per heavy atom. The predicted octanol–water partition coefficient (Wildman–Crippen LogP) is 0.701. The van der Waals surface area contributed by atoms with Gasteiger partial charge in [0.2, 0.25) is 0 Å². The van der Waals surface area contributed by atoms with Gasteiger partial charge >= 0.3 is 5.97 Å². The van der Waals surface area contributed by atoms with Crippen molar-refractivity contribution in [3.63, 3.8) is 0 Å². The molecule has 0 aromatic heterocycles. The van der Waals surface area contributed by atoms with Gasteiger partial charge in [0, 0.05) is 5.69 Å². The summed E-state index contributed by atoms with van der Waals surface area (Å²) < 4.78 is 0. The second-order valence-corrected chi connectivity index (χ2v) is 2.93. The fourth-order valence-electron chi connectivity index (χ4n) is 1.16. The third-order valence-electron chi connectivity index (χ3n) is 1.84. The predicted molar refractivity (Wildman–Crippen MR) is 53.0 cm³/mol. The van der Waals surface area contributed by atoms with Gasteiger partial charge in [-0.2, -0.15) is 0 Å². The topological polar surface area (TPSA) is 130 Å². The maximum atomic E-state index is 10.4. The van der Waals surface area contributed by atoms with Gasteiger partial charge in [0.25, 0.3) is 0 Å². The number of rotatable bonds is 4. The van der Waals surface area contributed by atoms with Crippen molar-refractivity contribution in [2.75, 3.05) is 10.5 Å². The molecule has 0 atom stereocenters. The van der Waals surface area contributed by atoms with Gasteiger partial charge in [-0.25, -0.2) is 0 Å². The lowest BCUT2D eigenvalue weighted by Gasteiger charge is -2.38. The molecule has 0 saturated heterocycles. The van der Waals surface area contributed by atoms with Crippen LogP contribution in [0.3, 0.4) is 0 Å². The van der Waals surface area contributed by atoms with Gasteiger partial charge in [0.05, 0.1) is 6.42 Å². The number of anilines is 2. The molecule has 0 aliphatic heterocycles. The van der Waals surface area contributed by atoms with Crippen molar-refractivity contribution in [1.29, 1.82) is 0 Å². The molecule has 3 N–H and O–H groups in total. The number of carboxylic acids is 1. The standard InChI is InChI=1S/C8H8N2O6/c11-8(12)3-5-1-2-6(9(13)14)4-7(5)10(15)16/h1-2,4,15-16H,3H2,(H,11,12)/q-2. The lowest BCUT2D eigenvalue weighted by molar-refractivity contribution is -0.136. The minimum atomic E-state index is -1.18. The third-order valence-corrected chi connectivity index (χ3v) is 1.84. The van der Waals surface area contributed by atoms with Crippen molar-refractivity contribution >= 4 is 17.3 Å². The highest BCUT2D eigenvalue weighted by Gasteiger charge is 2.11. The lowest BCUT2D eigenvalue weighted by atomic mass is 10.1. The molecule has 1 aromatic carbocycles. The zero-order valence-corrected chi connectivity index (χ0v) is 7.90. The Kier molecular flexibility index (Phi) is 3.64. The van der Waals surface area contributed by atoms with E-state index in [0.29, 0.717) is 0 Å². The van der Waals surface area contributed by atoms with E-state index >= 15 is 0 Å². The summed E-state index contributed by atoms with van der Waals surface area (Å²) in [5, 5.41) is 45.9. The van der Waals surface area contributed by atoms with E-state index in [1.165, 1.54) is 0 Å². The largest absolute Gasteiger partial charge is 0.769 e. The minimum Gasteiger partial charge on any atom is -0.769 e. The zero-order chi connectivity index (χ0) is 12.3. The van der Waals surface area contributed by atoms with Gasteiger partial charge in [-0.05, 0) is 17.7 Å². The summed E-state index contributed by atoms with van der Waals surface area (Å²) in [4.78, 5) is 10.4. The average Bonchev–Trinajstić information content (AvgIpc) is 2.16. The second kappa shape index (κ2) is 4.77. The Morgan fingerprint density at radius 3 is 2.38 bits per heavy atom. The summed E-state index contributed by atoms with van der Waals surface area (Å²) in [6, 6.07) is 3.12. The molecule has 0 saturated carbocycles. The molecule has 0 unspecified atom stereocenters. The number of aliphatic carboxylic acids is 1. The van der Waals surface area contributed by atoms with Crippen molar-refractivity contribution in [3.05, 3.63) is 34.2 Å². The highest BCUT2D eigenvalue weighted by atomic mass is 16.8. The van der Waals surface area contributed by atoms with Crippen LogP contribution in [0.25, 0.3) is 0 Å². The van der Waals surface area contributed by atoms with Gasteiger partial charge in [0.15, 0.2) is 0 Å². The minimum absolute atomic E-state index is 0.0584. The van der Waals surface area contributed by atoms with Gasteiger partial charge < -0.3 is 20.7 Å². The van der Waals surface area contributed by atoms with Crippen LogP contribution in [-0.2, 0) is 11.2 Å². The highest BCUT2D eigenvalue weighted by Crippen LogP contribution is 2.25. The summed E-state index contributed by atoms with van der Waals surface area (Å²) in [5.41, 5.74) is -0.642. The van der Waals surface area contributed by atoms with Crippen LogP contribution in [0.4, 0.5) is 11.4 Å². The molecule has 0 amide bonds. The maximum Gasteiger partial charge on any atom is 0.307 e. The normalized spacial score (nSPS) is 10.0. The number of nitrogens with zero attached hydrogens (tertiary/aromatic N) is 2. The fraction of sp³-hybridized carbons (Fsp3) is 0.125. The SMILES string of the molecule is O=C(O)Cc1ccc(N([O-])[O-])cc1N(O)O. The van der Waals surface area contributed by atoms with E-state index in [2.05, 4.69) is 0 Å². The van der Waals surface area contributed by atoms with E-state index in [1.807, 2.05) is 0 Å². The molecule has 1 rings (SSSR count). The summed E-state index contributed by atoms with van der Waals surface area (Å²) in [6.45, 7) is 0. The summed E-state index contributed by atoms with van der Waals surface area (Å²) >= 11 is 0.